The Kier molecular flexibility index (Phi) is 8.08. The summed E-state index contributed by atoms with van der Waals surface area (Å²) in [7, 11) is 0. The fourth-order valence-corrected chi connectivity index (χ4v) is 6.58. The fraction of sp³-hybridized carbons (Fsp3) is 0.700. The van der Waals surface area contributed by atoms with Gasteiger partial charge in [-0.1, -0.05) is 0 Å². The number of nitrogens with zero attached hydrogens (tertiary/aromatic N) is 3. The number of rotatable bonds is 5. The summed E-state index contributed by atoms with van der Waals surface area (Å²) in [5.74, 6) is 0.291. The van der Waals surface area contributed by atoms with E-state index in [1.807, 2.05) is 37.8 Å². The fourth-order valence-electron chi connectivity index (χ4n) is 6.58. The Morgan fingerprint density at radius 1 is 1.00 bits per heavy atom. The Bertz CT molecular complexity index is 1040. The SMILES string of the molecule is CC(C)(C)OC(=O)N1CCC2(CCN(CC3CCN(c4ccc(NC5CCC(=O)NC5=O)cc4)CC3)CC2)C1. The van der Waals surface area contributed by atoms with Gasteiger partial charge in [0, 0.05) is 50.5 Å². The van der Waals surface area contributed by atoms with Crippen molar-refractivity contribution in [2.45, 2.75) is 77.4 Å². The molecule has 5 rings (SSSR count). The second-order valence-electron chi connectivity index (χ2n) is 13.1. The van der Waals surface area contributed by atoms with Gasteiger partial charge < -0.3 is 24.8 Å². The number of benzene rings is 1. The number of carbonyl (C=O) groups is 3. The van der Waals surface area contributed by atoms with Gasteiger partial charge >= 0.3 is 6.09 Å². The second kappa shape index (κ2) is 11.4. The Morgan fingerprint density at radius 3 is 2.31 bits per heavy atom. The van der Waals surface area contributed by atoms with Gasteiger partial charge in [0.2, 0.25) is 11.8 Å². The maximum atomic E-state index is 12.5. The largest absolute Gasteiger partial charge is 0.444 e. The molecule has 4 fully saturated rings. The molecule has 39 heavy (non-hydrogen) atoms. The lowest BCUT2D eigenvalue weighted by Crippen LogP contribution is -2.47. The predicted octanol–water partition coefficient (Wildman–Crippen LogP) is 3.84. The number of amides is 3. The third-order valence-corrected chi connectivity index (χ3v) is 8.95. The molecule has 4 heterocycles. The molecule has 0 bridgehead atoms. The van der Waals surface area contributed by atoms with Gasteiger partial charge in [-0.25, -0.2) is 4.79 Å². The van der Waals surface area contributed by atoms with E-state index in [-0.39, 0.29) is 29.4 Å². The molecule has 0 saturated carbocycles. The number of piperidine rings is 3. The van der Waals surface area contributed by atoms with E-state index in [0.717, 1.165) is 57.3 Å². The van der Waals surface area contributed by atoms with Crippen LogP contribution in [0.1, 0.15) is 65.7 Å². The Morgan fingerprint density at radius 2 is 1.67 bits per heavy atom. The number of imide groups is 1. The van der Waals surface area contributed by atoms with Gasteiger partial charge in [-0.2, -0.15) is 0 Å². The molecule has 0 radical (unpaired) electrons. The van der Waals surface area contributed by atoms with Gasteiger partial charge in [0.15, 0.2) is 0 Å². The van der Waals surface area contributed by atoms with Crippen LogP contribution in [-0.2, 0) is 14.3 Å². The van der Waals surface area contributed by atoms with Crippen molar-refractivity contribution in [3.63, 3.8) is 0 Å². The molecule has 4 aliphatic heterocycles. The normalized spacial score (nSPS) is 24.6. The van der Waals surface area contributed by atoms with Gasteiger partial charge in [-0.3, -0.25) is 14.9 Å². The van der Waals surface area contributed by atoms with Crippen LogP contribution in [0.15, 0.2) is 24.3 Å². The third-order valence-electron chi connectivity index (χ3n) is 8.95. The Labute approximate surface area is 232 Å². The van der Waals surface area contributed by atoms with Gasteiger partial charge in [0.05, 0.1) is 0 Å². The van der Waals surface area contributed by atoms with Crippen molar-refractivity contribution in [1.29, 1.82) is 0 Å². The van der Waals surface area contributed by atoms with Crippen molar-refractivity contribution in [1.82, 2.24) is 15.1 Å². The van der Waals surface area contributed by atoms with E-state index in [0.29, 0.717) is 12.8 Å². The van der Waals surface area contributed by atoms with Crippen LogP contribution in [0.2, 0.25) is 0 Å². The molecule has 9 nitrogen and oxygen atoms in total. The lowest BCUT2D eigenvalue weighted by atomic mass is 9.77. The number of nitrogens with one attached hydrogen (secondary N) is 2. The topological polar surface area (TPSA) is 94.2 Å². The molecule has 4 saturated heterocycles. The standard InChI is InChI=1S/C30H45N5O4/c1-29(2,3)39-28(38)35-19-14-30(21-35)12-17-33(18-13-30)20-22-10-15-34(16-11-22)24-6-4-23(5-7-24)31-25-8-9-26(36)32-27(25)37/h4-7,22,25,31H,8-21H2,1-3H3,(H,32,36,37). The van der Waals surface area contributed by atoms with Crippen molar-refractivity contribution < 1.29 is 19.1 Å². The number of anilines is 2. The summed E-state index contributed by atoms with van der Waals surface area (Å²) in [5.41, 5.74) is 1.96. The first-order chi connectivity index (χ1) is 18.6. The Balaban J connectivity index is 1.03. The van der Waals surface area contributed by atoms with Gasteiger partial charge in [-0.15, -0.1) is 0 Å². The smallest absolute Gasteiger partial charge is 0.410 e. The molecule has 1 atom stereocenters. The van der Waals surface area contributed by atoms with E-state index in [1.165, 1.54) is 37.9 Å². The minimum absolute atomic E-state index is 0.159. The molecule has 1 spiro atoms. The van der Waals surface area contributed by atoms with Crippen molar-refractivity contribution in [2.24, 2.45) is 11.3 Å². The van der Waals surface area contributed by atoms with E-state index in [9.17, 15) is 14.4 Å². The van der Waals surface area contributed by atoms with Crippen LogP contribution in [0, 0.1) is 11.3 Å². The van der Waals surface area contributed by atoms with Crippen LogP contribution in [0.3, 0.4) is 0 Å². The molecule has 0 aromatic heterocycles. The van der Waals surface area contributed by atoms with E-state index < -0.39 is 5.60 Å². The minimum Gasteiger partial charge on any atom is -0.444 e. The number of hydrogen-bond donors (Lipinski definition) is 2. The molecule has 4 aliphatic rings. The van der Waals surface area contributed by atoms with Crippen molar-refractivity contribution in [3.05, 3.63) is 24.3 Å². The van der Waals surface area contributed by atoms with Crippen LogP contribution in [0.25, 0.3) is 0 Å². The maximum absolute atomic E-state index is 12.5. The molecular weight excluding hydrogens is 494 g/mol. The van der Waals surface area contributed by atoms with Crippen LogP contribution >= 0.6 is 0 Å². The van der Waals surface area contributed by atoms with Crippen LogP contribution < -0.4 is 15.5 Å². The van der Waals surface area contributed by atoms with Gasteiger partial charge in [-0.05, 0) is 108 Å². The molecule has 0 aliphatic carbocycles. The van der Waals surface area contributed by atoms with E-state index in [2.05, 4.69) is 32.6 Å². The highest BCUT2D eigenvalue weighted by atomic mass is 16.6. The summed E-state index contributed by atoms with van der Waals surface area (Å²) in [6.07, 6.45) is 6.59. The molecule has 1 aromatic carbocycles. The molecule has 1 unspecified atom stereocenters. The first-order valence-corrected chi connectivity index (χ1v) is 14.7. The predicted molar refractivity (Wildman–Crippen MR) is 152 cm³/mol. The number of ether oxygens (including phenoxy) is 1. The van der Waals surface area contributed by atoms with Crippen LogP contribution in [-0.4, -0.2) is 85.2 Å². The molecule has 3 amide bonds. The average molecular weight is 540 g/mol. The number of carbonyl (C=O) groups excluding carboxylic acids is 3. The summed E-state index contributed by atoms with van der Waals surface area (Å²) >= 11 is 0. The molecule has 214 valence electrons. The first kappa shape index (κ1) is 27.7. The van der Waals surface area contributed by atoms with Crippen molar-refractivity contribution in [3.8, 4) is 0 Å². The molecule has 1 aromatic rings. The summed E-state index contributed by atoms with van der Waals surface area (Å²) in [6, 6.07) is 7.96. The lowest BCUT2D eigenvalue weighted by Gasteiger charge is -2.42. The van der Waals surface area contributed by atoms with E-state index in [1.54, 1.807) is 0 Å². The summed E-state index contributed by atoms with van der Waals surface area (Å²) in [6.45, 7) is 13.0. The van der Waals surface area contributed by atoms with Gasteiger partial charge in [0.25, 0.3) is 0 Å². The second-order valence-corrected chi connectivity index (χ2v) is 13.1. The quantitative estimate of drug-likeness (QED) is 0.549. The zero-order chi connectivity index (χ0) is 27.6. The Hall–Kier alpha value is -2.81. The minimum atomic E-state index is -0.440. The van der Waals surface area contributed by atoms with Crippen LogP contribution in [0.4, 0.5) is 16.2 Å². The number of likely N-dealkylation sites (tertiary alicyclic amines) is 2. The highest BCUT2D eigenvalue weighted by Crippen LogP contribution is 2.41. The highest BCUT2D eigenvalue weighted by Gasteiger charge is 2.43. The van der Waals surface area contributed by atoms with Gasteiger partial charge in [0.1, 0.15) is 11.6 Å². The average Bonchev–Trinajstić information content (AvgIpc) is 3.31. The zero-order valence-electron chi connectivity index (χ0n) is 23.8. The first-order valence-electron chi connectivity index (χ1n) is 14.7. The zero-order valence-corrected chi connectivity index (χ0v) is 23.8. The summed E-state index contributed by atoms with van der Waals surface area (Å²) < 4.78 is 5.61. The van der Waals surface area contributed by atoms with Crippen LogP contribution in [0.5, 0.6) is 0 Å². The lowest BCUT2D eigenvalue weighted by molar-refractivity contribution is -0.133. The van der Waals surface area contributed by atoms with Crippen molar-refractivity contribution in [2.75, 3.05) is 56.0 Å². The summed E-state index contributed by atoms with van der Waals surface area (Å²) in [4.78, 5) is 42.9. The third kappa shape index (κ3) is 7.04. The van der Waals surface area contributed by atoms with E-state index >= 15 is 0 Å². The maximum Gasteiger partial charge on any atom is 0.410 e. The molecular formula is C30H45N5O4. The monoisotopic (exact) mass is 539 g/mol. The van der Waals surface area contributed by atoms with Crippen molar-refractivity contribution >= 4 is 29.3 Å². The number of hydrogen-bond acceptors (Lipinski definition) is 7. The molecule has 9 heteroatoms. The highest BCUT2D eigenvalue weighted by molar-refractivity contribution is 6.01. The summed E-state index contributed by atoms with van der Waals surface area (Å²) in [5, 5.41) is 5.65. The van der Waals surface area contributed by atoms with E-state index in [4.69, 9.17) is 4.74 Å². The molecule has 2 N–H and O–H groups in total.